The molecule has 2 fully saturated rings. The van der Waals surface area contributed by atoms with E-state index in [0.29, 0.717) is 5.41 Å². The van der Waals surface area contributed by atoms with E-state index < -0.39 is 0 Å². The number of nitrogens with one attached hydrogen (secondary N) is 1. The summed E-state index contributed by atoms with van der Waals surface area (Å²) in [5.41, 5.74) is 0.422. The van der Waals surface area contributed by atoms with Crippen LogP contribution >= 0.6 is 0 Å². The Bertz CT molecular complexity index is 306. The lowest BCUT2D eigenvalue weighted by Gasteiger charge is -2.44. The molecule has 0 amide bonds. The van der Waals surface area contributed by atoms with Crippen molar-refractivity contribution in [3.8, 4) is 0 Å². The third-order valence-electron chi connectivity index (χ3n) is 5.92. The highest BCUT2D eigenvalue weighted by Gasteiger charge is 2.46. The topological polar surface area (TPSA) is 30.5 Å². The van der Waals surface area contributed by atoms with Crippen LogP contribution < -0.4 is 5.32 Å². The van der Waals surface area contributed by atoms with E-state index in [9.17, 15) is 0 Å². The van der Waals surface area contributed by atoms with Crippen LogP contribution in [0.1, 0.15) is 59.8 Å². The smallest absolute Gasteiger partial charge is 0.168 e. The molecule has 20 heavy (non-hydrogen) atoms. The molecule has 1 spiro atoms. The van der Waals surface area contributed by atoms with Crippen molar-refractivity contribution in [2.45, 2.75) is 71.7 Å². The van der Waals surface area contributed by atoms with Crippen molar-refractivity contribution in [1.82, 2.24) is 5.32 Å². The fraction of sp³-hybridized carbons (Fsp3) is 1.00. The maximum absolute atomic E-state index is 6.25. The summed E-state index contributed by atoms with van der Waals surface area (Å²) in [6, 6.07) is 0. The Morgan fingerprint density at radius 2 is 1.90 bits per heavy atom. The molecule has 1 unspecified atom stereocenters. The van der Waals surface area contributed by atoms with Crippen LogP contribution in [-0.2, 0) is 9.47 Å². The van der Waals surface area contributed by atoms with Crippen LogP contribution in [-0.4, -0.2) is 32.1 Å². The third-order valence-corrected chi connectivity index (χ3v) is 5.92. The van der Waals surface area contributed by atoms with Crippen LogP contribution in [0.2, 0.25) is 0 Å². The normalized spacial score (nSPS) is 35.1. The first-order valence-electron chi connectivity index (χ1n) is 8.36. The van der Waals surface area contributed by atoms with Gasteiger partial charge in [-0.2, -0.15) is 0 Å². The summed E-state index contributed by atoms with van der Waals surface area (Å²) in [7, 11) is 1.99. The van der Waals surface area contributed by atoms with Gasteiger partial charge in [0.05, 0.1) is 12.7 Å². The SMILES string of the molecule is CNCCC1COC2(CCC(C(C)(C)C(C)C)CC2)O1. The molecular weight excluding hydrogens is 250 g/mol. The van der Waals surface area contributed by atoms with Gasteiger partial charge in [-0.1, -0.05) is 27.7 Å². The number of hydrogen-bond donors (Lipinski definition) is 1. The highest BCUT2D eigenvalue weighted by atomic mass is 16.7. The quantitative estimate of drug-likeness (QED) is 0.836. The van der Waals surface area contributed by atoms with Crippen molar-refractivity contribution in [2.24, 2.45) is 17.3 Å². The molecule has 118 valence electrons. The molecule has 0 radical (unpaired) electrons. The monoisotopic (exact) mass is 283 g/mol. The van der Waals surface area contributed by atoms with Crippen molar-refractivity contribution < 1.29 is 9.47 Å². The van der Waals surface area contributed by atoms with Gasteiger partial charge in [0.25, 0.3) is 0 Å². The van der Waals surface area contributed by atoms with E-state index in [1.165, 1.54) is 12.8 Å². The van der Waals surface area contributed by atoms with Crippen molar-refractivity contribution in [3.63, 3.8) is 0 Å². The van der Waals surface area contributed by atoms with E-state index in [-0.39, 0.29) is 11.9 Å². The van der Waals surface area contributed by atoms with E-state index in [1.807, 2.05) is 7.05 Å². The van der Waals surface area contributed by atoms with Crippen molar-refractivity contribution >= 4 is 0 Å². The molecule has 2 aliphatic rings. The molecule has 1 aliphatic carbocycles. The van der Waals surface area contributed by atoms with Crippen LogP contribution in [0, 0.1) is 17.3 Å². The van der Waals surface area contributed by atoms with E-state index in [0.717, 1.165) is 44.2 Å². The van der Waals surface area contributed by atoms with Crippen LogP contribution in [0.25, 0.3) is 0 Å². The highest BCUT2D eigenvalue weighted by Crippen LogP contribution is 2.48. The zero-order valence-corrected chi connectivity index (χ0v) is 14.0. The van der Waals surface area contributed by atoms with E-state index in [4.69, 9.17) is 9.47 Å². The Morgan fingerprint density at radius 3 is 2.45 bits per heavy atom. The molecule has 0 bridgehead atoms. The fourth-order valence-corrected chi connectivity index (χ4v) is 3.60. The lowest BCUT2D eigenvalue weighted by atomic mass is 9.64. The first kappa shape index (κ1) is 16.3. The Hall–Kier alpha value is -0.120. The van der Waals surface area contributed by atoms with Gasteiger partial charge in [-0.25, -0.2) is 0 Å². The minimum Gasteiger partial charge on any atom is -0.347 e. The molecule has 1 heterocycles. The van der Waals surface area contributed by atoms with E-state index in [2.05, 4.69) is 33.0 Å². The number of rotatable bonds is 5. The molecule has 2 rings (SSSR count). The van der Waals surface area contributed by atoms with Crippen molar-refractivity contribution in [2.75, 3.05) is 20.2 Å². The van der Waals surface area contributed by atoms with Crippen LogP contribution in [0.3, 0.4) is 0 Å². The van der Waals surface area contributed by atoms with Crippen LogP contribution in [0.5, 0.6) is 0 Å². The summed E-state index contributed by atoms with van der Waals surface area (Å²) in [6.07, 6.45) is 5.97. The third kappa shape index (κ3) is 3.37. The lowest BCUT2D eigenvalue weighted by Crippen LogP contribution is -2.41. The average Bonchev–Trinajstić information content (AvgIpc) is 2.80. The molecule has 3 heteroatoms. The molecule has 1 saturated heterocycles. The maximum atomic E-state index is 6.25. The number of hydrogen-bond acceptors (Lipinski definition) is 3. The number of ether oxygens (including phenoxy) is 2. The van der Waals surface area contributed by atoms with Crippen LogP contribution in [0.4, 0.5) is 0 Å². The molecule has 3 nitrogen and oxygen atoms in total. The van der Waals surface area contributed by atoms with Gasteiger partial charge in [0.2, 0.25) is 0 Å². The Kier molecular flexibility index (Phi) is 5.14. The van der Waals surface area contributed by atoms with Gasteiger partial charge >= 0.3 is 0 Å². The molecule has 0 aromatic heterocycles. The van der Waals surface area contributed by atoms with Gasteiger partial charge < -0.3 is 14.8 Å². The summed E-state index contributed by atoms with van der Waals surface area (Å²) in [5.74, 6) is 1.29. The van der Waals surface area contributed by atoms with Gasteiger partial charge in [-0.3, -0.25) is 0 Å². The van der Waals surface area contributed by atoms with Gasteiger partial charge in [0.15, 0.2) is 5.79 Å². The first-order chi connectivity index (χ1) is 9.39. The largest absolute Gasteiger partial charge is 0.347 e. The molecule has 1 saturated carbocycles. The van der Waals surface area contributed by atoms with Gasteiger partial charge in [0.1, 0.15) is 0 Å². The Labute approximate surface area is 124 Å². The highest BCUT2D eigenvalue weighted by molar-refractivity contribution is 4.91. The second-order valence-electron chi connectivity index (χ2n) is 7.60. The summed E-state index contributed by atoms with van der Waals surface area (Å²) in [5, 5.41) is 3.19. The summed E-state index contributed by atoms with van der Waals surface area (Å²) < 4.78 is 12.3. The second-order valence-corrected chi connectivity index (χ2v) is 7.60. The lowest BCUT2D eigenvalue weighted by molar-refractivity contribution is -0.198. The molecular formula is C17H33NO2. The van der Waals surface area contributed by atoms with Crippen molar-refractivity contribution in [3.05, 3.63) is 0 Å². The minimum atomic E-state index is -0.248. The summed E-state index contributed by atoms with van der Waals surface area (Å²) >= 11 is 0. The van der Waals surface area contributed by atoms with E-state index in [1.54, 1.807) is 0 Å². The van der Waals surface area contributed by atoms with Crippen molar-refractivity contribution in [1.29, 1.82) is 0 Å². The molecule has 1 atom stereocenters. The Balaban J connectivity index is 1.85. The fourth-order valence-electron chi connectivity index (χ4n) is 3.60. The predicted octanol–water partition coefficient (Wildman–Crippen LogP) is 3.58. The molecule has 0 aromatic rings. The zero-order valence-electron chi connectivity index (χ0n) is 14.0. The summed E-state index contributed by atoms with van der Waals surface area (Å²) in [6.45, 7) is 11.3. The molecule has 1 aliphatic heterocycles. The minimum absolute atomic E-state index is 0.248. The first-order valence-corrected chi connectivity index (χ1v) is 8.36. The zero-order chi connectivity index (χ0) is 14.8. The standard InChI is InChI=1S/C17H33NO2/c1-13(2)16(3,4)14-6-9-17(10-7-14)19-12-15(20-17)8-11-18-5/h13-15,18H,6-12H2,1-5H3. The molecule has 1 N–H and O–H groups in total. The average molecular weight is 283 g/mol. The van der Waals surface area contributed by atoms with Gasteiger partial charge in [0, 0.05) is 12.8 Å². The van der Waals surface area contributed by atoms with E-state index >= 15 is 0 Å². The Morgan fingerprint density at radius 1 is 1.25 bits per heavy atom. The second kappa shape index (κ2) is 6.33. The van der Waals surface area contributed by atoms with Gasteiger partial charge in [-0.05, 0) is 50.1 Å². The van der Waals surface area contributed by atoms with Crippen LogP contribution in [0.15, 0.2) is 0 Å². The summed E-state index contributed by atoms with van der Waals surface area (Å²) in [4.78, 5) is 0. The molecule has 0 aromatic carbocycles. The predicted molar refractivity (Wildman–Crippen MR) is 82.7 cm³/mol. The maximum Gasteiger partial charge on any atom is 0.168 e. The van der Waals surface area contributed by atoms with Gasteiger partial charge in [-0.15, -0.1) is 0 Å².